The first-order valence-electron chi connectivity index (χ1n) is 11.6. The zero-order valence-corrected chi connectivity index (χ0v) is 19.1. The van der Waals surface area contributed by atoms with Crippen molar-refractivity contribution in [3.63, 3.8) is 0 Å². The molecule has 5 aromatic rings. The van der Waals surface area contributed by atoms with Crippen LogP contribution in [0.15, 0.2) is 65.2 Å². The van der Waals surface area contributed by atoms with E-state index in [9.17, 15) is 0 Å². The number of hydrogen-bond donors (Lipinski definition) is 0. The normalized spacial score (nSPS) is 12.1. The van der Waals surface area contributed by atoms with E-state index in [-0.39, 0.29) is 11.7 Å². The Bertz CT molecular complexity index is 1440. The molecule has 0 aliphatic carbocycles. The first kappa shape index (κ1) is 20.7. The summed E-state index contributed by atoms with van der Waals surface area (Å²) in [5, 5.41) is 3.62. The maximum absolute atomic E-state index is 15.6. The molecular weight excluding hydrogens is 397 g/mol. The summed E-state index contributed by atoms with van der Waals surface area (Å²) >= 11 is 0. The van der Waals surface area contributed by atoms with Gasteiger partial charge < -0.3 is 4.42 Å². The minimum absolute atomic E-state index is 0.124. The number of furan rings is 1. The van der Waals surface area contributed by atoms with Crippen LogP contribution in [0.1, 0.15) is 63.5 Å². The van der Waals surface area contributed by atoms with Crippen LogP contribution < -0.4 is 0 Å². The standard InChI is InChI=1S/C29H28FNO/c1-5-18(6-2)20-11-12-23-22(27(20)30)13-14-31-28(23)25-16-19(17(3)4)15-24-21-9-7-8-10-26(21)32-29(24)25/h7-18H,5-6H2,1-4H3. The van der Waals surface area contributed by atoms with Crippen molar-refractivity contribution < 1.29 is 8.81 Å². The first-order valence-corrected chi connectivity index (χ1v) is 11.6. The molecule has 2 heterocycles. The third-order valence-corrected chi connectivity index (χ3v) is 6.76. The van der Waals surface area contributed by atoms with E-state index >= 15 is 4.39 Å². The molecule has 3 aromatic carbocycles. The number of aromatic nitrogens is 1. The van der Waals surface area contributed by atoms with Gasteiger partial charge in [0.2, 0.25) is 0 Å². The van der Waals surface area contributed by atoms with Crippen LogP contribution >= 0.6 is 0 Å². The molecule has 0 radical (unpaired) electrons. The molecule has 0 spiro atoms. The quantitative estimate of drug-likeness (QED) is 0.281. The van der Waals surface area contributed by atoms with Gasteiger partial charge in [-0.15, -0.1) is 0 Å². The first-order chi connectivity index (χ1) is 15.5. The summed E-state index contributed by atoms with van der Waals surface area (Å²) in [4.78, 5) is 4.73. The average Bonchev–Trinajstić information content (AvgIpc) is 3.19. The number of pyridine rings is 1. The maximum atomic E-state index is 15.6. The van der Waals surface area contributed by atoms with Crippen molar-refractivity contribution in [1.82, 2.24) is 4.98 Å². The smallest absolute Gasteiger partial charge is 0.144 e. The minimum Gasteiger partial charge on any atom is -0.455 e. The minimum atomic E-state index is -0.124. The number of para-hydroxylation sites is 1. The molecule has 0 aliphatic heterocycles. The lowest BCUT2D eigenvalue weighted by molar-refractivity contribution is 0.566. The van der Waals surface area contributed by atoms with E-state index < -0.39 is 0 Å². The van der Waals surface area contributed by atoms with Gasteiger partial charge in [-0.1, -0.05) is 58.0 Å². The van der Waals surface area contributed by atoms with E-state index in [0.717, 1.165) is 57.0 Å². The van der Waals surface area contributed by atoms with Crippen molar-refractivity contribution in [2.24, 2.45) is 0 Å². The van der Waals surface area contributed by atoms with Gasteiger partial charge in [0.15, 0.2) is 0 Å². The fourth-order valence-electron chi connectivity index (χ4n) is 4.85. The van der Waals surface area contributed by atoms with Crippen LogP contribution in [0.3, 0.4) is 0 Å². The molecule has 3 heteroatoms. The Hall–Kier alpha value is -3.20. The van der Waals surface area contributed by atoms with E-state index in [1.54, 1.807) is 12.3 Å². The fraction of sp³-hybridized carbons (Fsp3) is 0.276. The number of hydrogen-bond acceptors (Lipinski definition) is 2. The summed E-state index contributed by atoms with van der Waals surface area (Å²) < 4.78 is 21.9. The summed E-state index contributed by atoms with van der Waals surface area (Å²) in [5.74, 6) is 0.447. The molecule has 0 bridgehead atoms. The van der Waals surface area contributed by atoms with Crippen LogP contribution in [-0.2, 0) is 0 Å². The Morgan fingerprint density at radius 1 is 0.875 bits per heavy atom. The topological polar surface area (TPSA) is 26.0 Å². The third-order valence-electron chi connectivity index (χ3n) is 6.76. The van der Waals surface area contributed by atoms with E-state index in [1.165, 1.54) is 5.56 Å². The molecular formula is C29H28FNO. The van der Waals surface area contributed by atoms with Crippen molar-refractivity contribution in [3.05, 3.63) is 77.7 Å². The molecule has 0 amide bonds. The maximum Gasteiger partial charge on any atom is 0.144 e. The lowest BCUT2D eigenvalue weighted by Crippen LogP contribution is -2.01. The predicted octanol–water partition coefficient (Wildman–Crippen LogP) is 8.97. The third kappa shape index (κ3) is 3.19. The molecule has 5 rings (SSSR count). The van der Waals surface area contributed by atoms with E-state index in [2.05, 4.69) is 45.9 Å². The molecule has 0 saturated heterocycles. The summed E-state index contributed by atoms with van der Waals surface area (Å²) in [5.41, 5.74) is 5.36. The van der Waals surface area contributed by atoms with Gasteiger partial charge >= 0.3 is 0 Å². The van der Waals surface area contributed by atoms with Gasteiger partial charge in [-0.05, 0) is 60.1 Å². The summed E-state index contributed by atoms with van der Waals surface area (Å²) in [7, 11) is 0. The van der Waals surface area contributed by atoms with Crippen LogP contribution in [0.5, 0.6) is 0 Å². The van der Waals surface area contributed by atoms with Crippen molar-refractivity contribution >= 4 is 32.7 Å². The van der Waals surface area contributed by atoms with Gasteiger partial charge in [-0.3, -0.25) is 4.98 Å². The van der Waals surface area contributed by atoms with Crippen molar-refractivity contribution in [1.29, 1.82) is 0 Å². The lowest BCUT2D eigenvalue weighted by Gasteiger charge is -2.16. The molecule has 0 atom stereocenters. The molecule has 0 aliphatic rings. The second-order valence-corrected chi connectivity index (χ2v) is 8.93. The Morgan fingerprint density at radius 3 is 2.41 bits per heavy atom. The van der Waals surface area contributed by atoms with E-state index in [1.807, 2.05) is 30.3 Å². The van der Waals surface area contributed by atoms with Gasteiger partial charge in [0, 0.05) is 33.3 Å². The van der Waals surface area contributed by atoms with Gasteiger partial charge in [0.1, 0.15) is 17.0 Å². The zero-order chi connectivity index (χ0) is 22.4. The zero-order valence-electron chi connectivity index (χ0n) is 19.1. The van der Waals surface area contributed by atoms with Gasteiger partial charge in [-0.2, -0.15) is 0 Å². The number of rotatable bonds is 5. The van der Waals surface area contributed by atoms with Crippen LogP contribution in [0.2, 0.25) is 0 Å². The van der Waals surface area contributed by atoms with Crippen LogP contribution in [-0.4, -0.2) is 4.98 Å². The molecule has 162 valence electrons. The highest BCUT2D eigenvalue weighted by Gasteiger charge is 2.20. The molecule has 0 saturated carbocycles. The summed E-state index contributed by atoms with van der Waals surface area (Å²) in [6.45, 7) is 8.60. The highest BCUT2D eigenvalue weighted by Crippen LogP contribution is 2.41. The fourth-order valence-corrected chi connectivity index (χ4v) is 4.85. The Morgan fingerprint density at radius 2 is 1.66 bits per heavy atom. The highest BCUT2D eigenvalue weighted by molar-refractivity contribution is 6.12. The van der Waals surface area contributed by atoms with Crippen LogP contribution in [0.4, 0.5) is 4.39 Å². The van der Waals surface area contributed by atoms with Gasteiger partial charge in [0.25, 0.3) is 0 Å². The van der Waals surface area contributed by atoms with Gasteiger partial charge in [0.05, 0.1) is 5.69 Å². The molecule has 0 fully saturated rings. The summed E-state index contributed by atoms with van der Waals surface area (Å²) in [6, 6.07) is 18.2. The van der Waals surface area contributed by atoms with Crippen LogP contribution in [0, 0.1) is 5.82 Å². The van der Waals surface area contributed by atoms with Crippen molar-refractivity contribution in [3.8, 4) is 11.3 Å². The molecule has 2 nitrogen and oxygen atoms in total. The number of halogens is 1. The number of nitrogens with zero attached hydrogens (tertiary/aromatic N) is 1. The largest absolute Gasteiger partial charge is 0.455 e. The van der Waals surface area contributed by atoms with Gasteiger partial charge in [-0.25, -0.2) is 4.39 Å². The Kier molecular flexibility index (Phi) is 5.21. The van der Waals surface area contributed by atoms with Crippen molar-refractivity contribution in [2.75, 3.05) is 0 Å². The lowest BCUT2D eigenvalue weighted by atomic mass is 9.90. The van der Waals surface area contributed by atoms with E-state index in [4.69, 9.17) is 9.40 Å². The highest BCUT2D eigenvalue weighted by atomic mass is 19.1. The molecule has 0 N–H and O–H groups in total. The Balaban J connectivity index is 1.84. The Labute approximate surface area is 188 Å². The predicted molar refractivity (Wildman–Crippen MR) is 132 cm³/mol. The van der Waals surface area contributed by atoms with E-state index in [0.29, 0.717) is 11.3 Å². The SMILES string of the molecule is CCC(CC)c1ccc2c(-c3cc(C(C)C)cc4c3oc3ccccc34)nccc2c1F. The monoisotopic (exact) mass is 425 g/mol. The molecule has 2 aromatic heterocycles. The molecule has 32 heavy (non-hydrogen) atoms. The average molecular weight is 426 g/mol. The summed E-state index contributed by atoms with van der Waals surface area (Å²) in [6.07, 6.45) is 3.56. The van der Waals surface area contributed by atoms with Crippen molar-refractivity contribution in [2.45, 2.75) is 52.4 Å². The number of fused-ring (bicyclic) bond motifs is 4. The second kappa shape index (κ2) is 8.05. The number of benzene rings is 3. The second-order valence-electron chi connectivity index (χ2n) is 8.93. The van der Waals surface area contributed by atoms with Crippen LogP contribution in [0.25, 0.3) is 44.0 Å². The molecule has 0 unspecified atom stereocenters.